The van der Waals surface area contributed by atoms with E-state index in [2.05, 4.69) is 31.3 Å². The van der Waals surface area contributed by atoms with Crippen LogP contribution in [0.3, 0.4) is 0 Å². The molecule has 0 bridgehead atoms. The maximum atomic E-state index is 12.5. The van der Waals surface area contributed by atoms with E-state index >= 15 is 0 Å². The van der Waals surface area contributed by atoms with Crippen LogP contribution in [0, 0.1) is 19.8 Å². The van der Waals surface area contributed by atoms with E-state index in [0.717, 1.165) is 15.9 Å². The van der Waals surface area contributed by atoms with Crippen LogP contribution in [-0.4, -0.2) is 44.6 Å². The molecule has 1 aliphatic heterocycles. The van der Waals surface area contributed by atoms with Gasteiger partial charge in [0.2, 0.25) is 11.8 Å². The predicted molar refractivity (Wildman–Crippen MR) is 106 cm³/mol. The second kappa shape index (κ2) is 8.65. The number of hydrogen-bond acceptors (Lipinski definition) is 4. The Balaban J connectivity index is 1.45. The van der Waals surface area contributed by atoms with Crippen molar-refractivity contribution in [3.05, 3.63) is 40.3 Å². The second-order valence-corrected chi connectivity index (χ2v) is 7.82. The van der Waals surface area contributed by atoms with Gasteiger partial charge < -0.3 is 10.2 Å². The summed E-state index contributed by atoms with van der Waals surface area (Å²) in [6.45, 7) is 5.76. The average molecular weight is 434 g/mol. The number of aromatic nitrogens is 3. The topological polar surface area (TPSA) is 80.1 Å². The first-order valence-corrected chi connectivity index (χ1v) is 9.93. The molecule has 2 aromatic rings. The molecule has 1 saturated heterocycles. The van der Waals surface area contributed by atoms with E-state index in [1.54, 1.807) is 12.3 Å². The number of hydrogen-bond donors (Lipinski definition) is 1. The molecule has 1 N–H and O–H groups in total. The zero-order valence-electron chi connectivity index (χ0n) is 15.6. The predicted octanol–water partition coefficient (Wildman–Crippen LogP) is 2.92. The van der Waals surface area contributed by atoms with Crippen LogP contribution < -0.4 is 5.32 Å². The van der Waals surface area contributed by atoms with Crippen LogP contribution in [0.2, 0.25) is 0 Å². The lowest BCUT2D eigenvalue weighted by atomic mass is 9.95. The van der Waals surface area contributed by atoms with Gasteiger partial charge in [0.05, 0.1) is 5.69 Å². The maximum absolute atomic E-state index is 12.5. The lowest BCUT2D eigenvalue weighted by Gasteiger charge is -2.31. The summed E-state index contributed by atoms with van der Waals surface area (Å²) >= 11 is 3.32. The van der Waals surface area contributed by atoms with Crippen LogP contribution >= 0.6 is 15.9 Å². The highest BCUT2D eigenvalue weighted by Gasteiger charge is 2.27. The number of carbonyl (C=O) groups is 2. The monoisotopic (exact) mass is 433 g/mol. The van der Waals surface area contributed by atoms with Gasteiger partial charge in [-0.3, -0.25) is 14.3 Å². The van der Waals surface area contributed by atoms with Crippen molar-refractivity contribution < 1.29 is 9.59 Å². The number of anilines is 1. The number of aryl methyl sites for hydroxylation is 3. The number of pyridine rings is 1. The minimum Gasteiger partial charge on any atom is -0.343 e. The molecule has 3 rings (SSSR count). The van der Waals surface area contributed by atoms with Crippen molar-refractivity contribution in [2.45, 2.75) is 39.7 Å². The highest BCUT2D eigenvalue weighted by Crippen LogP contribution is 2.20. The van der Waals surface area contributed by atoms with Gasteiger partial charge in [-0.25, -0.2) is 4.98 Å². The minimum absolute atomic E-state index is 0.0282. The molecule has 8 heteroatoms. The van der Waals surface area contributed by atoms with E-state index in [-0.39, 0.29) is 17.7 Å². The lowest BCUT2D eigenvalue weighted by molar-refractivity contribution is -0.134. The van der Waals surface area contributed by atoms with Gasteiger partial charge in [0, 0.05) is 48.3 Å². The van der Waals surface area contributed by atoms with E-state index in [1.807, 2.05) is 35.6 Å². The van der Waals surface area contributed by atoms with Crippen molar-refractivity contribution in [3.63, 3.8) is 0 Å². The van der Waals surface area contributed by atoms with E-state index in [1.165, 1.54) is 0 Å². The highest BCUT2D eigenvalue weighted by molar-refractivity contribution is 9.10. The summed E-state index contributed by atoms with van der Waals surface area (Å²) in [5, 5.41) is 7.24. The molecule has 1 fully saturated rings. The second-order valence-electron chi connectivity index (χ2n) is 6.91. The fourth-order valence-electron chi connectivity index (χ4n) is 3.33. The van der Waals surface area contributed by atoms with Crippen molar-refractivity contribution in [1.29, 1.82) is 0 Å². The molecule has 144 valence electrons. The van der Waals surface area contributed by atoms with E-state index in [0.29, 0.717) is 44.7 Å². The fourth-order valence-corrected chi connectivity index (χ4v) is 3.56. The Morgan fingerprint density at radius 2 is 2.00 bits per heavy atom. The molecule has 0 atom stereocenters. The van der Waals surface area contributed by atoms with Crippen molar-refractivity contribution in [2.24, 2.45) is 5.92 Å². The third-order valence-corrected chi connectivity index (χ3v) is 5.31. The van der Waals surface area contributed by atoms with Crippen LogP contribution in [0.25, 0.3) is 0 Å². The summed E-state index contributed by atoms with van der Waals surface area (Å²) < 4.78 is 2.74. The molecule has 0 aromatic carbocycles. The standard InChI is InChI=1S/C19H24BrN5O2/c1-13-11-14(2)25(23-13)10-7-18(26)24-8-5-15(6-9-24)19(27)22-17-4-3-16(20)12-21-17/h3-4,11-12,15H,5-10H2,1-2H3,(H,21,22,27). The molecule has 0 saturated carbocycles. The Labute approximate surface area is 167 Å². The maximum Gasteiger partial charge on any atom is 0.228 e. The SMILES string of the molecule is Cc1cc(C)n(CCC(=O)N2CCC(C(=O)Nc3ccc(Br)cn3)CC2)n1. The van der Waals surface area contributed by atoms with Gasteiger partial charge in [-0.2, -0.15) is 5.10 Å². The molecule has 0 unspecified atom stereocenters. The molecule has 0 aliphatic carbocycles. The lowest BCUT2D eigenvalue weighted by Crippen LogP contribution is -2.41. The molecule has 0 spiro atoms. The first-order valence-electron chi connectivity index (χ1n) is 9.13. The number of nitrogens with zero attached hydrogens (tertiary/aromatic N) is 4. The van der Waals surface area contributed by atoms with Crippen molar-refractivity contribution in [1.82, 2.24) is 19.7 Å². The number of halogens is 1. The molecule has 1 aliphatic rings. The number of amides is 2. The summed E-state index contributed by atoms with van der Waals surface area (Å²) in [7, 11) is 0. The minimum atomic E-state index is -0.0875. The Bertz CT molecular complexity index is 810. The van der Waals surface area contributed by atoms with E-state index in [9.17, 15) is 9.59 Å². The average Bonchev–Trinajstić information content (AvgIpc) is 2.99. The molecule has 27 heavy (non-hydrogen) atoms. The van der Waals surface area contributed by atoms with Crippen LogP contribution in [0.5, 0.6) is 0 Å². The summed E-state index contributed by atoms with van der Waals surface area (Å²) in [5.41, 5.74) is 2.03. The molecule has 3 heterocycles. The van der Waals surface area contributed by atoms with Gasteiger partial charge in [0.15, 0.2) is 0 Å². The van der Waals surface area contributed by atoms with Gasteiger partial charge in [-0.1, -0.05) is 0 Å². The summed E-state index contributed by atoms with van der Waals surface area (Å²) in [5.74, 6) is 0.553. The largest absolute Gasteiger partial charge is 0.343 e. The number of nitrogens with one attached hydrogen (secondary N) is 1. The van der Waals surface area contributed by atoms with Gasteiger partial charge in [-0.05, 0) is 60.8 Å². The van der Waals surface area contributed by atoms with E-state index < -0.39 is 0 Å². The van der Waals surface area contributed by atoms with Crippen LogP contribution in [-0.2, 0) is 16.1 Å². The number of rotatable bonds is 5. The molecular weight excluding hydrogens is 410 g/mol. The first kappa shape index (κ1) is 19.5. The van der Waals surface area contributed by atoms with Gasteiger partial charge in [0.25, 0.3) is 0 Å². The Hall–Kier alpha value is -2.22. The Morgan fingerprint density at radius 3 is 2.59 bits per heavy atom. The van der Waals surface area contributed by atoms with Crippen molar-refractivity contribution in [2.75, 3.05) is 18.4 Å². The Kier molecular flexibility index (Phi) is 6.26. The van der Waals surface area contributed by atoms with Crippen LogP contribution in [0.4, 0.5) is 5.82 Å². The zero-order valence-corrected chi connectivity index (χ0v) is 17.2. The van der Waals surface area contributed by atoms with Gasteiger partial charge in [0.1, 0.15) is 5.82 Å². The fraction of sp³-hybridized carbons (Fsp3) is 0.474. The number of piperidine rings is 1. The molecular formula is C19H24BrN5O2. The van der Waals surface area contributed by atoms with Crippen LogP contribution in [0.1, 0.15) is 30.7 Å². The third-order valence-electron chi connectivity index (χ3n) is 4.84. The smallest absolute Gasteiger partial charge is 0.228 e. The summed E-state index contributed by atoms with van der Waals surface area (Å²) in [6, 6.07) is 5.61. The van der Waals surface area contributed by atoms with Gasteiger partial charge >= 0.3 is 0 Å². The van der Waals surface area contributed by atoms with Gasteiger partial charge in [-0.15, -0.1) is 0 Å². The normalized spacial score (nSPS) is 15.0. The highest BCUT2D eigenvalue weighted by atomic mass is 79.9. The third kappa shape index (κ3) is 5.15. The van der Waals surface area contributed by atoms with Crippen molar-refractivity contribution >= 4 is 33.6 Å². The Morgan fingerprint density at radius 1 is 1.26 bits per heavy atom. The number of carbonyl (C=O) groups excluding carboxylic acids is 2. The quantitative estimate of drug-likeness (QED) is 0.785. The molecule has 2 aromatic heterocycles. The van der Waals surface area contributed by atoms with E-state index in [4.69, 9.17) is 0 Å². The zero-order chi connectivity index (χ0) is 19.4. The summed E-state index contributed by atoms with van der Waals surface area (Å²) in [4.78, 5) is 30.9. The number of likely N-dealkylation sites (tertiary alicyclic amines) is 1. The first-order chi connectivity index (χ1) is 12.9. The molecule has 7 nitrogen and oxygen atoms in total. The summed E-state index contributed by atoms with van der Waals surface area (Å²) in [6.07, 6.45) is 3.43. The molecule has 0 radical (unpaired) electrons. The molecule has 2 amide bonds. The van der Waals surface area contributed by atoms with Crippen molar-refractivity contribution in [3.8, 4) is 0 Å². The van der Waals surface area contributed by atoms with Crippen LogP contribution in [0.15, 0.2) is 28.9 Å².